The van der Waals surface area contributed by atoms with Crippen molar-refractivity contribution in [3.05, 3.63) is 0 Å². The molecule has 5 aliphatic carbocycles. The lowest BCUT2D eigenvalue weighted by molar-refractivity contribution is -0.140. The minimum atomic E-state index is 0.339. The van der Waals surface area contributed by atoms with Crippen LogP contribution in [0.1, 0.15) is 64.2 Å². The summed E-state index contributed by atoms with van der Waals surface area (Å²) in [5.41, 5.74) is 0.339. The van der Waals surface area contributed by atoms with Crippen molar-refractivity contribution in [3.63, 3.8) is 0 Å². The van der Waals surface area contributed by atoms with Gasteiger partial charge < -0.3 is 4.90 Å². The summed E-state index contributed by atoms with van der Waals surface area (Å²) in [6.07, 6.45) is 11.8. The summed E-state index contributed by atoms with van der Waals surface area (Å²) in [7, 11) is 0. The molecule has 0 atom stereocenters. The predicted molar refractivity (Wildman–Crippen MR) is 80.2 cm³/mol. The van der Waals surface area contributed by atoms with Gasteiger partial charge in [-0.2, -0.15) is 5.26 Å². The first kappa shape index (κ1) is 13.6. The van der Waals surface area contributed by atoms with Gasteiger partial charge in [-0.3, -0.25) is 4.79 Å². The zero-order chi connectivity index (χ0) is 14.4. The first-order valence-electron chi connectivity index (χ1n) is 8.84. The molecule has 0 unspecified atom stereocenters. The average Bonchev–Trinajstić information content (AvgIpc) is 3.21. The highest BCUT2D eigenvalue weighted by atomic mass is 16.2. The van der Waals surface area contributed by atoms with Crippen molar-refractivity contribution in [3.8, 4) is 6.07 Å². The fourth-order valence-corrected chi connectivity index (χ4v) is 6.00. The van der Waals surface area contributed by atoms with Gasteiger partial charge >= 0.3 is 0 Å². The van der Waals surface area contributed by atoms with E-state index in [1.165, 1.54) is 38.5 Å². The fourth-order valence-electron chi connectivity index (χ4n) is 6.00. The molecule has 0 heterocycles. The van der Waals surface area contributed by atoms with Crippen LogP contribution in [0.15, 0.2) is 0 Å². The zero-order valence-corrected chi connectivity index (χ0v) is 12.9. The van der Waals surface area contributed by atoms with Crippen LogP contribution in [0.2, 0.25) is 0 Å². The molecule has 3 heteroatoms. The third kappa shape index (κ3) is 2.58. The third-order valence-corrected chi connectivity index (χ3v) is 6.46. The molecule has 0 aromatic heterocycles. The number of nitrogens with zero attached hydrogens (tertiary/aromatic N) is 2. The Kier molecular flexibility index (Phi) is 3.24. The van der Waals surface area contributed by atoms with Gasteiger partial charge in [0.25, 0.3) is 0 Å². The van der Waals surface area contributed by atoms with Crippen molar-refractivity contribution < 1.29 is 4.79 Å². The quantitative estimate of drug-likeness (QED) is 0.776. The van der Waals surface area contributed by atoms with Crippen molar-refractivity contribution in [2.24, 2.45) is 23.2 Å². The Morgan fingerprint density at radius 2 is 1.67 bits per heavy atom. The van der Waals surface area contributed by atoms with Crippen LogP contribution in [0.25, 0.3) is 0 Å². The van der Waals surface area contributed by atoms with Gasteiger partial charge in [-0.05, 0) is 74.5 Å². The molecule has 0 saturated heterocycles. The highest BCUT2D eigenvalue weighted by molar-refractivity contribution is 5.77. The van der Waals surface area contributed by atoms with Crippen LogP contribution in [0, 0.1) is 34.5 Å². The Morgan fingerprint density at radius 1 is 1.10 bits per heavy atom. The van der Waals surface area contributed by atoms with Crippen molar-refractivity contribution >= 4 is 5.91 Å². The maximum atomic E-state index is 12.8. The molecule has 0 aliphatic heterocycles. The predicted octanol–water partition coefficient (Wildman–Crippen LogP) is 3.50. The van der Waals surface area contributed by atoms with E-state index in [9.17, 15) is 4.79 Å². The van der Waals surface area contributed by atoms with E-state index in [1.807, 2.05) is 4.90 Å². The minimum Gasteiger partial charge on any atom is -0.339 e. The van der Waals surface area contributed by atoms with E-state index in [-0.39, 0.29) is 0 Å². The van der Waals surface area contributed by atoms with Crippen LogP contribution in [0.3, 0.4) is 0 Å². The highest BCUT2D eigenvalue weighted by Crippen LogP contribution is 2.61. The number of nitriles is 1. The van der Waals surface area contributed by atoms with Gasteiger partial charge in [-0.25, -0.2) is 0 Å². The number of hydrogen-bond donors (Lipinski definition) is 0. The number of rotatable bonds is 5. The second-order valence-electron chi connectivity index (χ2n) is 8.32. The molecule has 0 aromatic carbocycles. The van der Waals surface area contributed by atoms with Crippen LogP contribution >= 0.6 is 0 Å². The smallest absolute Gasteiger partial charge is 0.223 e. The van der Waals surface area contributed by atoms with E-state index >= 15 is 0 Å². The standard InChI is InChI=1S/C18H26N2O/c19-4-1-5-20(16-2-3-16)17(21)12-18-9-13-6-14(10-18)8-15(7-13)11-18/h13-16H,1-3,5-12H2. The van der Waals surface area contributed by atoms with E-state index in [2.05, 4.69) is 6.07 Å². The summed E-state index contributed by atoms with van der Waals surface area (Å²) in [4.78, 5) is 14.9. The van der Waals surface area contributed by atoms with E-state index in [0.29, 0.717) is 30.3 Å². The Labute approximate surface area is 127 Å². The lowest BCUT2D eigenvalue weighted by Crippen LogP contribution is -2.48. The first-order valence-corrected chi connectivity index (χ1v) is 8.84. The molecule has 5 saturated carbocycles. The summed E-state index contributed by atoms with van der Waals surface area (Å²) < 4.78 is 0. The van der Waals surface area contributed by atoms with Gasteiger partial charge in [-0.15, -0.1) is 0 Å². The van der Waals surface area contributed by atoms with Crippen LogP contribution < -0.4 is 0 Å². The van der Waals surface area contributed by atoms with Gasteiger partial charge in [0.05, 0.1) is 12.5 Å². The molecule has 114 valence electrons. The Balaban J connectivity index is 1.45. The van der Waals surface area contributed by atoms with Crippen LogP contribution in [0.5, 0.6) is 0 Å². The molecule has 0 spiro atoms. The third-order valence-electron chi connectivity index (χ3n) is 6.46. The molecule has 3 nitrogen and oxygen atoms in total. The summed E-state index contributed by atoms with van der Waals surface area (Å²) in [6, 6.07) is 2.66. The molecule has 5 fully saturated rings. The SMILES string of the molecule is N#CCCN(C(=O)CC12CC3CC(CC(C3)C1)C2)C1CC1. The van der Waals surface area contributed by atoms with Crippen molar-refractivity contribution in [2.45, 2.75) is 70.3 Å². The lowest BCUT2D eigenvalue weighted by Gasteiger charge is -2.57. The Hall–Kier alpha value is -1.04. The summed E-state index contributed by atoms with van der Waals surface area (Å²) in [5.74, 6) is 3.10. The molecule has 0 aromatic rings. The minimum absolute atomic E-state index is 0.339. The Bertz CT molecular complexity index is 439. The number of hydrogen-bond acceptors (Lipinski definition) is 2. The monoisotopic (exact) mass is 286 g/mol. The Morgan fingerprint density at radius 3 is 2.14 bits per heavy atom. The normalized spacial score (nSPS) is 40.0. The van der Waals surface area contributed by atoms with Gasteiger partial charge in [-0.1, -0.05) is 0 Å². The highest BCUT2D eigenvalue weighted by Gasteiger charge is 2.52. The number of carbonyl (C=O) groups is 1. The topological polar surface area (TPSA) is 44.1 Å². The molecule has 0 N–H and O–H groups in total. The maximum absolute atomic E-state index is 12.8. The second kappa shape index (κ2) is 5.00. The van der Waals surface area contributed by atoms with Crippen LogP contribution in [-0.2, 0) is 4.79 Å². The molecule has 4 bridgehead atoms. The van der Waals surface area contributed by atoms with Gasteiger partial charge in [0, 0.05) is 19.0 Å². The van der Waals surface area contributed by atoms with Gasteiger partial charge in [0.1, 0.15) is 0 Å². The second-order valence-corrected chi connectivity index (χ2v) is 8.32. The fraction of sp³-hybridized carbons (Fsp3) is 0.889. The molecule has 5 aliphatic rings. The molecular formula is C18H26N2O. The van der Waals surface area contributed by atoms with Gasteiger partial charge in [0.15, 0.2) is 0 Å². The van der Waals surface area contributed by atoms with E-state index in [4.69, 9.17) is 5.26 Å². The number of amides is 1. The summed E-state index contributed by atoms with van der Waals surface area (Å²) >= 11 is 0. The lowest BCUT2D eigenvalue weighted by atomic mass is 9.49. The molecule has 0 radical (unpaired) electrons. The first-order chi connectivity index (χ1) is 10.2. The van der Waals surface area contributed by atoms with E-state index in [0.717, 1.165) is 37.0 Å². The zero-order valence-electron chi connectivity index (χ0n) is 12.9. The number of carbonyl (C=O) groups excluding carboxylic acids is 1. The van der Waals surface area contributed by atoms with Crippen molar-refractivity contribution in [1.29, 1.82) is 5.26 Å². The average molecular weight is 286 g/mol. The van der Waals surface area contributed by atoms with Crippen LogP contribution in [0.4, 0.5) is 0 Å². The summed E-state index contributed by atoms with van der Waals surface area (Å²) in [5, 5.41) is 8.81. The van der Waals surface area contributed by atoms with Crippen molar-refractivity contribution in [2.75, 3.05) is 6.54 Å². The van der Waals surface area contributed by atoms with E-state index in [1.54, 1.807) is 0 Å². The molecule has 1 amide bonds. The van der Waals surface area contributed by atoms with E-state index < -0.39 is 0 Å². The van der Waals surface area contributed by atoms with Crippen molar-refractivity contribution in [1.82, 2.24) is 4.90 Å². The summed E-state index contributed by atoms with van der Waals surface area (Å²) in [6.45, 7) is 0.659. The largest absolute Gasteiger partial charge is 0.339 e. The maximum Gasteiger partial charge on any atom is 0.223 e. The molecular weight excluding hydrogens is 260 g/mol. The van der Waals surface area contributed by atoms with Gasteiger partial charge in [0.2, 0.25) is 5.91 Å². The molecule has 5 rings (SSSR count). The molecule has 21 heavy (non-hydrogen) atoms. The van der Waals surface area contributed by atoms with Crippen LogP contribution in [-0.4, -0.2) is 23.4 Å².